The highest BCUT2D eigenvalue weighted by atomic mass is 35.5. The Labute approximate surface area is 157 Å². The zero-order valence-corrected chi connectivity index (χ0v) is 15.6. The molecule has 1 aliphatic rings. The Bertz CT molecular complexity index is 802. The molecule has 8 heteroatoms. The molecule has 2 N–H and O–H groups in total. The molecule has 138 valence electrons. The predicted octanol–water partition coefficient (Wildman–Crippen LogP) is 2.64. The van der Waals surface area contributed by atoms with Crippen molar-refractivity contribution in [2.45, 2.75) is 32.4 Å². The van der Waals surface area contributed by atoms with Crippen molar-refractivity contribution >= 4 is 29.4 Å². The van der Waals surface area contributed by atoms with Crippen molar-refractivity contribution < 1.29 is 9.59 Å². The Kier molecular flexibility index (Phi) is 5.46. The van der Waals surface area contributed by atoms with Crippen molar-refractivity contribution in [2.24, 2.45) is 0 Å². The van der Waals surface area contributed by atoms with Gasteiger partial charge in [0.25, 0.3) is 0 Å². The number of carbonyl (C=O) groups excluding carboxylic acids is 2. The zero-order chi connectivity index (χ0) is 18.7. The monoisotopic (exact) mass is 375 g/mol. The summed E-state index contributed by atoms with van der Waals surface area (Å²) in [5.74, 6) is 0.762. The minimum absolute atomic E-state index is 0.0503. The predicted molar refractivity (Wildman–Crippen MR) is 100 cm³/mol. The van der Waals surface area contributed by atoms with Gasteiger partial charge in [0.15, 0.2) is 0 Å². The van der Waals surface area contributed by atoms with Crippen molar-refractivity contribution in [1.29, 1.82) is 0 Å². The lowest BCUT2D eigenvalue weighted by Crippen LogP contribution is -2.49. The van der Waals surface area contributed by atoms with E-state index in [1.54, 1.807) is 22.8 Å². The fourth-order valence-electron chi connectivity index (χ4n) is 2.98. The topological polar surface area (TPSA) is 79.3 Å². The molecule has 1 fully saturated rings. The molecule has 1 atom stereocenters. The third kappa shape index (κ3) is 4.35. The molecule has 1 saturated heterocycles. The number of urea groups is 1. The molecule has 0 spiro atoms. The van der Waals surface area contributed by atoms with Gasteiger partial charge < -0.3 is 10.2 Å². The number of hydrogen-bond donors (Lipinski definition) is 2. The van der Waals surface area contributed by atoms with Crippen LogP contribution in [0.5, 0.6) is 0 Å². The van der Waals surface area contributed by atoms with Gasteiger partial charge in [-0.05, 0) is 31.0 Å². The lowest BCUT2D eigenvalue weighted by Gasteiger charge is -2.30. The van der Waals surface area contributed by atoms with Gasteiger partial charge in [-0.1, -0.05) is 23.7 Å². The van der Waals surface area contributed by atoms with Gasteiger partial charge in [0.2, 0.25) is 5.91 Å². The number of anilines is 1. The SMILES string of the molecule is Cc1cnn(Cc2ccc(Cl)cc2)c1NC(=O)NC1CCC(=O)N(C)C1. The first-order chi connectivity index (χ1) is 12.4. The van der Waals surface area contributed by atoms with Crippen molar-refractivity contribution in [3.05, 3.63) is 46.6 Å². The van der Waals surface area contributed by atoms with Gasteiger partial charge in [-0.3, -0.25) is 10.1 Å². The Balaban J connectivity index is 1.64. The van der Waals surface area contributed by atoms with Crippen LogP contribution in [0.3, 0.4) is 0 Å². The van der Waals surface area contributed by atoms with E-state index in [1.807, 2.05) is 31.2 Å². The van der Waals surface area contributed by atoms with Crippen LogP contribution >= 0.6 is 11.6 Å². The molecule has 3 amide bonds. The zero-order valence-electron chi connectivity index (χ0n) is 14.8. The Morgan fingerprint density at radius 3 is 2.77 bits per heavy atom. The van der Waals surface area contributed by atoms with Gasteiger partial charge in [0.1, 0.15) is 5.82 Å². The summed E-state index contributed by atoms with van der Waals surface area (Å²) in [5.41, 5.74) is 1.92. The van der Waals surface area contributed by atoms with Crippen LogP contribution in [0.2, 0.25) is 5.02 Å². The second kappa shape index (κ2) is 7.78. The summed E-state index contributed by atoms with van der Waals surface area (Å²) in [4.78, 5) is 25.6. The van der Waals surface area contributed by atoms with E-state index in [1.165, 1.54) is 0 Å². The molecule has 7 nitrogen and oxygen atoms in total. The number of halogens is 1. The number of nitrogens with one attached hydrogen (secondary N) is 2. The number of nitrogens with zero attached hydrogens (tertiary/aromatic N) is 3. The molecule has 26 heavy (non-hydrogen) atoms. The molecular weight excluding hydrogens is 354 g/mol. The maximum absolute atomic E-state index is 12.4. The van der Waals surface area contributed by atoms with E-state index >= 15 is 0 Å². The number of likely N-dealkylation sites (N-methyl/N-ethyl adjacent to an activating group) is 1. The Hall–Kier alpha value is -2.54. The average molecular weight is 376 g/mol. The van der Waals surface area contributed by atoms with E-state index in [0.717, 1.165) is 11.1 Å². The van der Waals surface area contributed by atoms with E-state index in [0.29, 0.717) is 36.8 Å². The van der Waals surface area contributed by atoms with Crippen molar-refractivity contribution in [1.82, 2.24) is 20.0 Å². The molecule has 1 unspecified atom stereocenters. The molecule has 0 aliphatic carbocycles. The van der Waals surface area contributed by atoms with Gasteiger partial charge in [0, 0.05) is 36.6 Å². The molecule has 0 saturated carbocycles. The summed E-state index contributed by atoms with van der Waals surface area (Å²) < 4.78 is 1.74. The number of hydrogen-bond acceptors (Lipinski definition) is 3. The first kappa shape index (κ1) is 18.3. The highest BCUT2D eigenvalue weighted by Gasteiger charge is 2.24. The summed E-state index contributed by atoms with van der Waals surface area (Å²) in [6, 6.07) is 7.17. The standard InChI is InChI=1S/C18H22ClN5O2/c1-12-9-20-24(10-13-3-5-14(19)6-4-13)17(12)22-18(26)21-15-7-8-16(25)23(2)11-15/h3-6,9,15H,7-8,10-11H2,1-2H3,(H2,21,22,26). The van der Waals surface area contributed by atoms with Crippen LogP contribution in [0.1, 0.15) is 24.0 Å². The first-order valence-electron chi connectivity index (χ1n) is 8.50. The third-order valence-corrected chi connectivity index (χ3v) is 4.71. The van der Waals surface area contributed by atoms with Gasteiger partial charge in [0.05, 0.1) is 12.7 Å². The second-order valence-corrected chi connectivity index (χ2v) is 7.01. The van der Waals surface area contributed by atoms with Crippen molar-refractivity contribution in [3.8, 4) is 0 Å². The summed E-state index contributed by atoms with van der Waals surface area (Å²) in [5, 5.41) is 10.8. The van der Waals surface area contributed by atoms with E-state index in [9.17, 15) is 9.59 Å². The molecule has 1 aliphatic heterocycles. The Morgan fingerprint density at radius 2 is 2.08 bits per heavy atom. The van der Waals surface area contributed by atoms with Crippen LogP contribution < -0.4 is 10.6 Å². The van der Waals surface area contributed by atoms with Crippen LogP contribution in [0.15, 0.2) is 30.5 Å². The Morgan fingerprint density at radius 1 is 1.35 bits per heavy atom. The van der Waals surface area contributed by atoms with Crippen LogP contribution in [0, 0.1) is 6.92 Å². The number of aryl methyl sites for hydroxylation is 1. The molecule has 2 aromatic rings. The number of aromatic nitrogens is 2. The number of rotatable bonds is 4. The van der Waals surface area contributed by atoms with Gasteiger partial charge in [-0.25, -0.2) is 9.48 Å². The summed E-state index contributed by atoms with van der Waals surface area (Å²) >= 11 is 5.92. The quantitative estimate of drug-likeness (QED) is 0.862. The third-order valence-electron chi connectivity index (χ3n) is 4.46. The maximum Gasteiger partial charge on any atom is 0.320 e. The van der Waals surface area contributed by atoms with E-state index < -0.39 is 0 Å². The molecule has 0 radical (unpaired) electrons. The number of benzene rings is 1. The van der Waals surface area contributed by atoms with Crippen LogP contribution in [-0.4, -0.2) is 46.3 Å². The normalized spacial score (nSPS) is 17.3. The lowest BCUT2D eigenvalue weighted by molar-refractivity contribution is -0.132. The van der Waals surface area contributed by atoms with Crippen LogP contribution in [0.25, 0.3) is 0 Å². The van der Waals surface area contributed by atoms with Crippen molar-refractivity contribution in [2.75, 3.05) is 18.9 Å². The van der Waals surface area contributed by atoms with E-state index in [2.05, 4.69) is 15.7 Å². The summed E-state index contributed by atoms with van der Waals surface area (Å²) in [6.45, 7) is 2.95. The second-order valence-electron chi connectivity index (χ2n) is 6.57. The van der Waals surface area contributed by atoms with Gasteiger partial charge in [-0.2, -0.15) is 5.10 Å². The highest BCUT2D eigenvalue weighted by Crippen LogP contribution is 2.17. The van der Waals surface area contributed by atoms with Gasteiger partial charge >= 0.3 is 6.03 Å². The molecule has 3 rings (SSSR count). The number of carbonyl (C=O) groups is 2. The molecule has 1 aromatic carbocycles. The first-order valence-corrected chi connectivity index (χ1v) is 8.88. The highest BCUT2D eigenvalue weighted by molar-refractivity contribution is 6.30. The fraction of sp³-hybridized carbons (Fsp3) is 0.389. The largest absolute Gasteiger partial charge is 0.344 e. The van der Waals surface area contributed by atoms with E-state index in [4.69, 9.17) is 11.6 Å². The molecule has 2 heterocycles. The minimum atomic E-state index is -0.293. The van der Waals surface area contributed by atoms with Gasteiger partial charge in [-0.15, -0.1) is 0 Å². The smallest absolute Gasteiger partial charge is 0.320 e. The van der Waals surface area contributed by atoms with Crippen LogP contribution in [-0.2, 0) is 11.3 Å². The number of amides is 3. The lowest BCUT2D eigenvalue weighted by atomic mass is 10.1. The molecule has 0 bridgehead atoms. The van der Waals surface area contributed by atoms with Crippen LogP contribution in [0.4, 0.5) is 10.6 Å². The van der Waals surface area contributed by atoms with E-state index in [-0.39, 0.29) is 18.0 Å². The summed E-state index contributed by atoms with van der Waals surface area (Å²) in [7, 11) is 1.75. The average Bonchev–Trinajstić information content (AvgIpc) is 2.93. The molecule has 1 aromatic heterocycles. The fourth-order valence-corrected chi connectivity index (χ4v) is 3.11. The maximum atomic E-state index is 12.4. The number of likely N-dealkylation sites (tertiary alicyclic amines) is 1. The molecular formula is C18H22ClN5O2. The number of piperidine rings is 1. The summed E-state index contributed by atoms with van der Waals surface area (Å²) in [6.07, 6.45) is 2.83. The van der Waals surface area contributed by atoms with Crippen molar-refractivity contribution in [3.63, 3.8) is 0 Å². The minimum Gasteiger partial charge on any atom is -0.344 e.